The van der Waals surface area contributed by atoms with Gasteiger partial charge in [0.05, 0.1) is 18.6 Å². The third-order valence-electron chi connectivity index (χ3n) is 5.95. The third kappa shape index (κ3) is 4.60. The largest absolute Gasteiger partial charge is 0.497 e. The SMILES string of the molecule is COc1ccc(N2CCN(C(=O)CSc3nc(C4CC4)n(-c4ccccc4)n3)CC2)cc1. The van der Waals surface area contributed by atoms with Crippen LogP contribution < -0.4 is 9.64 Å². The van der Waals surface area contributed by atoms with Gasteiger partial charge < -0.3 is 14.5 Å². The number of nitrogens with zero attached hydrogens (tertiary/aromatic N) is 5. The molecule has 2 aliphatic rings. The van der Waals surface area contributed by atoms with E-state index >= 15 is 0 Å². The number of amides is 1. The molecule has 1 saturated carbocycles. The van der Waals surface area contributed by atoms with Crippen molar-refractivity contribution in [2.24, 2.45) is 0 Å². The number of ether oxygens (including phenoxy) is 1. The number of hydrogen-bond acceptors (Lipinski definition) is 6. The highest BCUT2D eigenvalue weighted by Crippen LogP contribution is 2.40. The van der Waals surface area contributed by atoms with Crippen LogP contribution >= 0.6 is 11.8 Å². The molecule has 1 aliphatic heterocycles. The zero-order valence-electron chi connectivity index (χ0n) is 18.2. The van der Waals surface area contributed by atoms with Crippen LogP contribution in [0.3, 0.4) is 0 Å². The Balaban J connectivity index is 1.17. The van der Waals surface area contributed by atoms with Gasteiger partial charge in [0, 0.05) is 37.8 Å². The number of aromatic nitrogens is 3. The summed E-state index contributed by atoms with van der Waals surface area (Å²) in [4.78, 5) is 21.8. The summed E-state index contributed by atoms with van der Waals surface area (Å²) in [6.45, 7) is 3.11. The van der Waals surface area contributed by atoms with Gasteiger partial charge in [-0.3, -0.25) is 4.79 Å². The molecule has 32 heavy (non-hydrogen) atoms. The van der Waals surface area contributed by atoms with E-state index in [1.807, 2.05) is 52.0 Å². The average molecular weight is 450 g/mol. The topological polar surface area (TPSA) is 63.5 Å². The van der Waals surface area contributed by atoms with E-state index in [-0.39, 0.29) is 5.91 Å². The molecule has 1 saturated heterocycles. The molecule has 166 valence electrons. The first-order valence-electron chi connectivity index (χ1n) is 11.0. The summed E-state index contributed by atoms with van der Waals surface area (Å²) in [6.07, 6.45) is 2.32. The zero-order valence-corrected chi connectivity index (χ0v) is 19.0. The second-order valence-electron chi connectivity index (χ2n) is 8.13. The van der Waals surface area contributed by atoms with Crippen molar-refractivity contribution >= 4 is 23.4 Å². The molecule has 5 rings (SSSR count). The molecule has 2 aromatic carbocycles. The third-order valence-corrected chi connectivity index (χ3v) is 6.77. The first-order chi connectivity index (χ1) is 15.7. The monoisotopic (exact) mass is 449 g/mol. The van der Waals surface area contributed by atoms with Crippen LogP contribution in [0.2, 0.25) is 0 Å². The van der Waals surface area contributed by atoms with Crippen LogP contribution in [0.15, 0.2) is 59.8 Å². The summed E-state index contributed by atoms with van der Waals surface area (Å²) in [7, 11) is 1.67. The Kier molecular flexibility index (Phi) is 6.03. The van der Waals surface area contributed by atoms with Crippen LogP contribution in [0.1, 0.15) is 24.6 Å². The van der Waals surface area contributed by atoms with E-state index in [4.69, 9.17) is 14.8 Å². The first-order valence-corrected chi connectivity index (χ1v) is 12.0. The molecular formula is C24H27N5O2S. The van der Waals surface area contributed by atoms with Crippen LogP contribution in [0.5, 0.6) is 5.75 Å². The minimum absolute atomic E-state index is 0.147. The normalized spacial score (nSPS) is 16.3. The fourth-order valence-corrected chi connectivity index (χ4v) is 4.69. The lowest BCUT2D eigenvalue weighted by Crippen LogP contribution is -2.49. The lowest BCUT2D eigenvalue weighted by Gasteiger charge is -2.36. The maximum Gasteiger partial charge on any atom is 0.233 e. The van der Waals surface area contributed by atoms with E-state index in [1.54, 1.807) is 7.11 Å². The van der Waals surface area contributed by atoms with Gasteiger partial charge in [-0.25, -0.2) is 9.67 Å². The van der Waals surface area contributed by atoms with Crippen molar-refractivity contribution < 1.29 is 9.53 Å². The van der Waals surface area contributed by atoms with E-state index in [2.05, 4.69) is 17.0 Å². The highest BCUT2D eigenvalue weighted by Gasteiger charge is 2.31. The minimum atomic E-state index is 0.147. The van der Waals surface area contributed by atoms with Crippen LogP contribution in [0, 0.1) is 0 Å². The molecule has 0 spiro atoms. The Morgan fingerprint density at radius 3 is 2.38 bits per heavy atom. The Morgan fingerprint density at radius 2 is 1.72 bits per heavy atom. The second kappa shape index (κ2) is 9.24. The molecule has 0 atom stereocenters. The molecule has 8 heteroatoms. The molecular weight excluding hydrogens is 422 g/mol. The molecule has 0 unspecified atom stereocenters. The Labute approximate surface area is 192 Å². The predicted molar refractivity (Wildman–Crippen MR) is 126 cm³/mol. The smallest absolute Gasteiger partial charge is 0.233 e. The molecule has 2 heterocycles. The van der Waals surface area contributed by atoms with Crippen molar-refractivity contribution in [1.29, 1.82) is 0 Å². The Morgan fingerprint density at radius 1 is 1.00 bits per heavy atom. The van der Waals surface area contributed by atoms with Gasteiger partial charge in [0.15, 0.2) is 0 Å². The molecule has 2 fully saturated rings. The van der Waals surface area contributed by atoms with Crippen LogP contribution in [-0.2, 0) is 4.79 Å². The quantitative estimate of drug-likeness (QED) is 0.514. The molecule has 0 bridgehead atoms. The van der Waals surface area contributed by atoms with Crippen molar-refractivity contribution in [2.75, 3.05) is 43.9 Å². The molecule has 1 aromatic heterocycles. The summed E-state index contributed by atoms with van der Waals surface area (Å²) in [6, 6.07) is 18.2. The standard InChI is InChI=1S/C24H27N5O2S/c1-31-21-11-9-19(10-12-21)27-13-15-28(16-14-27)22(30)17-32-24-25-23(18-7-8-18)29(26-24)20-5-3-2-4-6-20/h2-6,9-12,18H,7-8,13-17H2,1H3. The number of para-hydroxylation sites is 1. The van der Waals surface area contributed by atoms with Crippen LogP contribution in [0.25, 0.3) is 5.69 Å². The molecule has 7 nitrogen and oxygen atoms in total. The van der Waals surface area contributed by atoms with E-state index in [0.717, 1.165) is 62.0 Å². The lowest BCUT2D eigenvalue weighted by atomic mass is 10.2. The maximum absolute atomic E-state index is 12.8. The zero-order chi connectivity index (χ0) is 21.9. The van der Waals surface area contributed by atoms with Gasteiger partial charge >= 0.3 is 0 Å². The van der Waals surface area contributed by atoms with E-state index in [9.17, 15) is 4.79 Å². The fourth-order valence-electron chi connectivity index (χ4n) is 3.96. The maximum atomic E-state index is 12.8. The Hall–Kier alpha value is -3.00. The minimum Gasteiger partial charge on any atom is -0.497 e. The first kappa shape index (κ1) is 20.9. The number of piperazine rings is 1. The van der Waals surface area contributed by atoms with Gasteiger partial charge in [-0.2, -0.15) is 0 Å². The van der Waals surface area contributed by atoms with Gasteiger partial charge in [0.25, 0.3) is 0 Å². The number of anilines is 1. The van der Waals surface area contributed by atoms with Gasteiger partial charge in [0.1, 0.15) is 11.6 Å². The number of benzene rings is 2. The molecule has 0 radical (unpaired) electrons. The predicted octanol–water partition coefficient (Wildman–Crippen LogP) is 3.59. The number of rotatable bonds is 7. The van der Waals surface area contributed by atoms with Gasteiger partial charge in [-0.05, 0) is 49.2 Å². The second-order valence-corrected chi connectivity index (χ2v) is 9.07. The summed E-state index contributed by atoms with van der Waals surface area (Å²) in [5.41, 5.74) is 2.19. The number of hydrogen-bond donors (Lipinski definition) is 0. The van der Waals surface area contributed by atoms with Crippen LogP contribution in [0.4, 0.5) is 5.69 Å². The van der Waals surface area contributed by atoms with Crippen molar-refractivity contribution in [1.82, 2.24) is 19.7 Å². The molecule has 0 N–H and O–H groups in total. The summed E-state index contributed by atoms with van der Waals surface area (Å²) < 4.78 is 7.18. The molecule has 1 aliphatic carbocycles. The van der Waals surface area contributed by atoms with Crippen molar-refractivity contribution in [3.8, 4) is 11.4 Å². The van der Waals surface area contributed by atoms with E-state index in [0.29, 0.717) is 16.8 Å². The summed E-state index contributed by atoms with van der Waals surface area (Å²) >= 11 is 1.44. The van der Waals surface area contributed by atoms with Gasteiger partial charge in [0.2, 0.25) is 11.1 Å². The Bertz CT molecular complexity index is 1060. The highest BCUT2D eigenvalue weighted by molar-refractivity contribution is 7.99. The van der Waals surface area contributed by atoms with Crippen molar-refractivity contribution in [3.05, 3.63) is 60.4 Å². The van der Waals surface area contributed by atoms with Crippen molar-refractivity contribution in [2.45, 2.75) is 23.9 Å². The van der Waals surface area contributed by atoms with E-state index in [1.165, 1.54) is 11.8 Å². The van der Waals surface area contributed by atoms with E-state index < -0.39 is 0 Å². The van der Waals surface area contributed by atoms with Crippen molar-refractivity contribution in [3.63, 3.8) is 0 Å². The number of methoxy groups -OCH3 is 1. The number of carbonyl (C=O) groups excluding carboxylic acids is 1. The van der Waals surface area contributed by atoms with Gasteiger partial charge in [-0.1, -0.05) is 30.0 Å². The van der Waals surface area contributed by atoms with Gasteiger partial charge in [-0.15, -0.1) is 5.10 Å². The molecule has 3 aromatic rings. The van der Waals surface area contributed by atoms with Crippen LogP contribution in [-0.4, -0.2) is 64.6 Å². The number of carbonyl (C=O) groups is 1. The highest BCUT2D eigenvalue weighted by atomic mass is 32.2. The number of thioether (sulfide) groups is 1. The summed E-state index contributed by atoms with van der Waals surface area (Å²) in [5.74, 6) is 2.87. The lowest BCUT2D eigenvalue weighted by molar-refractivity contribution is -0.128. The molecule has 1 amide bonds. The fraction of sp³-hybridized carbons (Fsp3) is 0.375. The summed E-state index contributed by atoms with van der Waals surface area (Å²) in [5, 5.41) is 5.39. The average Bonchev–Trinajstić information content (AvgIpc) is 3.62.